The van der Waals surface area contributed by atoms with Gasteiger partial charge < -0.3 is 14.7 Å². The Balaban J connectivity index is 1.66. The Bertz CT molecular complexity index is 463. The SMILES string of the molecule is COCc1nc(N(C)CC2CC3CCC2C3)sc1CO. The van der Waals surface area contributed by atoms with Crippen molar-refractivity contribution in [3.05, 3.63) is 10.6 Å². The van der Waals surface area contributed by atoms with Gasteiger partial charge in [-0.25, -0.2) is 4.98 Å². The van der Waals surface area contributed by atoms with E-state index < -0.39 is 0 Å². The van der Waals surface area contributed by atoms with E-state index in [1.54, 1.807) is 18.4 Å². The van der Waals surface area contributed by atoms with Crippen LogP contribution in [0.4, 0.5) is 5.13 Å². The van der Waals surface area contributed by atoms with Crippen molar-refractivity contribution in [1.82, 2.24) is 4.98 Å². The quantitative estimate of drug-likeness (QED) is 0.876. The number of aliphatic hydroxyl groups excluding tert-OH is 1. The van der Waals surface area contributed by atoms with E-state index in [0.717, 1.165) is 40.0 Å². The summed E-state index contributed by atoms with van der Waals surface area (Å²) in [6.45, 7) is 1.64. The van der Waals surface area contributed by atoms with Crippen molar-refractivity contribution in [2.45, 2.75) is 38.9 Å². The van der Waals surface area contributed by atoms with Crippen LogP contribution in [0.2, 0.25) is 0 Å². The molecule has 0 radical (unpaired) electrons. The molecule has 3 atom stereocenters. The minimum absolute atomic E-state index is 0.0539. The number of aromatic nitrogens is 1. The second-order valence-corrected chi connectivity index (χ2v) is 7.33. The van der Waals surface area contributed by atoms with Gasteiger partial charge in [0.05, 0.1) is 23.8 Å². The number of hydrogen-bond donors (Lipinski definition) is 1. The number of anilines is 1. The molecular formula is C15H24N2O2S. The Kier molecular flexibility index (Phi) is 4.29. The van der Waals surface area contributed by atoms with Crippen LogP contribution < -0.4 is 4.90 Å². The summed E-state index contributed by atoms with van der Waals surface area (Å²) >= 11 is 1.60. The van der Waals surface area contributed by atoms with Crippen molar-refractivity contribution >= 4 is 16.5 Å². The molecule has 112 valence electrons. The standard InChI is InChI=1S/C15H24N2O2S/c1-17(7-12-6-10-3-4-11(12)5-10)15-16-13(9-19-2)14(8-18)20-15/h10-12,18H,3-9H2,1-2H3. The molecule has 3 rings (SSSR count). The Morgan fingerprint density at radius 1 is 1.40 bits per heavy atom. The highest BCUT2D eigenvalue weighted by atomic mass is 32.1. The molecule has 0 amide bonds. The van der Waals surface area contributed by atoms with Crippen molar-refractivity contribution in [2.24, 2.45) is 17.8 Å². The smallest absolute Gasteiger partial charge is 0.185 e. The lowest BCUT2D eigenvalue weighted by Gasteiger charge is -2.26. The largest absolute Gasteiger partial charge is 0.391 e. The summed E-state index contributed by atoms with van der Waals surface area (Å²) in [4.78, 5) is 7.84. The molecule has 3 unspecified atom stereocenters. The van der Waals surface area contributed by atoms with Crippen molar-refractivity contribution in [3.63, 3.8) is 0 Å². The molecule has 5 heteroatoms. The summed E-state index contributed by atoms with van der Waals surface area (Å²) in [5.74, 6) is 2.77. The molecule has 1 aromatic rings. The molecule has 0 aromatic carbocycles. The molecule has 0 saturated heterocycles. The summed E-state index contributed by atoms with van der Waals surface area (Å²) in [6.07, 6.45) is 5.73. The zero-order chi connectivity index (χ0) is 14.1. The highest BCUT2D eigenvalue weighted by Gasteiger charge is 2.39. The first-order valence-electron chi connectivity index (χ1n) is 7.50. The Labute approximate surface area is 124 Å². The van der Waals surface area contributed by atoms with E-state index in [9.17, 15) is 5.11 Å². The lowest BCUT2D eigenvalue weighted by Crippen LogP contribution is -2.28. The van der Waals surface area contributed by atoms with Gasteiger partial charge in [-0.2, -0.15) is 0 Å². The molecule has 2 saturated carbocycles. The normalized spacial score (nSPS) is 28.2. The van der Waals surface area contributed by atoms with E-state index in [1.807, 2.05) is 0 Å². The summed E-state index contributed by atoms with van der Waals surface area (Å²) in [7, 11) is 3.79. The fourth-order valence-electron chi connectivity index (χ4n) is 3.94. The molecule has 0 aliphatic heterocycles. The van der Waals surface area contributed by atoms with Crippen molar-refractivity contribution < 1.29 is 9.84 Å². The molecule has 1 aromatic heterocycles. The summed E-state index contributed by atoms with van der Waals surface area (Å²) < 4.78 is 5.15. The lowest BCUT2D eigenvalue weighted by atomic mass is 9.88. The van der Waals surface area contributed by atoms with E-state index in [4.69, 9.17) is 4.74 Å². The van der Waals surface area contributed by atoms with Crippen LogP contribution in [0.1, 0.15) is 36.3 Å². The van der Waals surface area contributed by atoms with E-state index in [1.165, 1.54) is 25.7 Å². The van der Waals surface area contributed by atoms with Crippen LogP contribution in [-0.2, 0) is 18.0 Å². The maximum absolute atomic E-state index is 9.41. The van der Waals surface area contributed by atoms with E-state index >= 15 is 0 Å². The molecule has 20 heavy (non-hydrogen) atoms. The van der Waals surface area contributed by atoms with Gasteiger partial charge in [0.1, 0.15) is 0 Å². The second kappa shape index (κ2) is 6.00. The molecule has 2 bridgehead atoms. The number of fused-ring (bicyclic) bond motifs is 2. The Morgan fingerprint density at radius 3 is 2.85 bits per heavy atom. The topological polar surface area (TPSA) is 45.6 Å². The van der Waals surface area contributed by atoms with E-state index in [0.29, 0.717) is 6.61 Å². The third kappa shape index (κ3) is 2.71. The number of aliphatic hydroxyl groups is 1. The molecule has 1 heterocycles. The average Bonchev–Trinajstić information content (AvgIpc) is 3.13. The van der Waals surface area contributed by atoms with Gasteiger partial charge in [-0.15, -0.1) is 0 Å². The number of methoxy groups -OCH3 is 1. The zero-order valence-corrected chi connectivity index (χ0v) is 13.2. The van der Waals surface area contributed by atoms with Crippen LogP contribution >= 0.6 is 11.3 Å². The summed E-state index contributed by atoms with van der Waals surface area (Å²) in [6, 6.07) is 0. The number of ether oxygens (including phenoxy) is 1. The van der Waals surface area contributed by atoms with Crippen molar-refractivity contribution in [3.8, 4) is 0 Å². The summed E-state index contributed by atoms with van der Waals surface area (Å²) in [5, 5.41) is 10.4. The Hall–Kier alpha value is -0.650. The molecule has 0 spiro atoms. The number of hydrogen-bond acceptors (Lipinski definition) is 5. The first-order valence-corrected chi connectivity index (χ1v) is 8.32. The third-order valence-electron chi connectivity index (χ3n) is 4.91. The highest BCUT2D eigenvalue weighted by Crippen LogP contribution is 2.48. The first-order chi connectivity index (χ1) is 9.71. The van der Waals surface area contributed by atoms with Gasteiger partial charge in [-0.1, -0.05) is 17.8 Å². The summed E-state index contributed by atoms with van der Waals surface area (Å²) in [5.41, 5.74) is 0.884. The highest BCUT2D eigenvalue weighted by molar-refractivity contribution is 7.15. The van der Waals surface area contributed by atoms with Gasteiger partial charge in [-0.05, 0) is 37.0 Å². The number of nitrogens with zero attached hydrogens (tertiary/aromatic N) is 2. The van der Waals surface area contributed by atoms with Crippen LogP contribution in [0, 0.1) is 17.8 Å². The minimum Gasteiger partial charge on any atom is -0.391 e. The molecule has 1 N–H and O–H groups in total. The predicted molar refractivity (Wildman–Crippen MR) is 81.0 cm³/mol. The number of rotatable bonds is 6. The fraction of sp³-hybridized carbons (Fsp3) is 0.800. The van der Waals surface area contributed by atoms with Gasteiger partial charge in [0.15, 0.2) is 5.13 Å². The van der Waals surface area contributed by atoms with Crippen LogP contribution in [0.3, 0.4) is 0 Å². The maximum atomic E-state index is 9.41. The first kappa shape index (κ1) is 14.3. The average molecular weight is 296 g/mol. The minimum atomic E-state index is 0.0539. The van der Waals surface area contributed by atoms with Gasteiger partial charge >= 0.3 is 0 Å². The Morgan fingerprint density at radius 2 is 2.25 bits per heavy atom. The van der Waals surface area contributed by atoms with Gasteiger partial charge in [0.2, 0.25) is 0 Å². The number of thiazole rings is 1. The van der Waals surface area contributed by atoms with E-state index in [2.05, 4.69) is 16.9 Å². The maximum Gasteiger partial charge on any atom is 0.185 e. The lowest BCUT2D eigenvalue weighted by molar-refractivity contribution is 0.179. The third-order valence-corrected chi connectivity index (χ3v) is 6.11. The molecule has 2 fully saturated rings. The zero-order valence-electron chi connectivity index (χ0n) is 12.3. The molecule has 2 aliphatic rings. The molecular weight excluding hydrogens is 272 g/mol. The predicted octanol–water partition coefficient (Wildman–Crippen LogP) is 2.65. The van der Waals surface area contributed by atoms with Crippen LogP contribution in [0.5, 0.6) is 0 Å². The van der Waals surface area contributed by atoms with Gasteiger partial charge in [0.25, 0.3) is 0 Å². The van der Waals surface area contributed by atoms with Crippen molar-refractivity contribution in [1.29, 1.82) is 0 Å². The van der Waals surface area contributed by atoms with Gasteiger partial charge in [-0.3, -0.25) is 0 Å². The monoisotopic (exact) mass is 296 g/mol. The second-order valence-electron chi connectivity index (χ2n) is 6.27. The van der Waals surface area contributed by atoms with Crippen LogP contribution in [-0.4, -0.2) is 30.8 Å². The van der Waals surface area contributed by atoms with Gasteiger partial charge in [0, 0.05) is 20.7 Å². The van der Waals surface area contributed by atoms with Crippen LogP contribution in [0.15, 0.2) is 0 Å². The van der Waals surface area contributed by atoms with E-state index in [-0.39, 0.29) is 6.61 Å². The molecule has 2 aliphatic carbocycles. The van der Waals surface area contributed by atoms with Crippen molar-refractivity contribution in [2.75, 3.05) is 25.6 Å². The van der Waals surface area contributed by atoms with Crippen LogP contribution in [0.25, 0.3) is 0 Å². The molecule has 4 nitrogen and oxygen atoms in total. The fourth-order valence-corrected chi connectivity index (χ4v) is 4.83.